The van der Waals surface area contributed by atoms with E-state index in [-0.39, 0.29) is 11.2 Å². The Morgan fingerprint density at radius 3 is 2.29 bits per heavy atom. The van der Waals surface area contributed by atoms with Crippen LogP contribution in [0.25, 0.3) is 0 Å². The molecule has 1 amide bonds. The molecular weight excluding hydrogens is 278 g/mol. The zero-order chi connectivity index (χ0) is 14.5. The Kier molecular flexibility index (Phi) is 4.61. The van der Waals surface area contributed by atoms with E-state index in [9.17, 15) is 4.79 Å². The standard InChI is InChI=1S/C18H19NOS/c20-18(19-16-11-12-16)17(15-9-5-2-6-10-15)21-13-14-7-3-1-4-8-14/h1-10,16-17H,11-13H2,(H,19,20)/t17-/m1/s1. The Morgan fingerprint density at radius 2 is 1.67 bits per heavy atom. The van der Waals surface area contributed by atoms with Crippen molar-refractivity contribution < 1.29 is 4.79 Å². The largest absolute Gasteiger partial charge is 0.352 e. The van der Waals surface area contributed by atoms with Gasteiger partial charge in [0, 0.05) is 11.8 Å². The lowest BCUT2D eigenvalue weighted by Crippen LogP contribution is -2.29. The molecule has 1 aliphatic rings. The number of carbonyl (C=O) groups is 1. The highest BCUT2D eigenvalue weighted by Gasteiger charge is 2.28. The number of thioether (sulfide) groups is 1. The molecule has 1 fully saturated rings. The number of hydrogen-bond acceptors (Lipinski definition) is 2. The predicted molar refractivity (Wildman–Crippen MR) is 88.1 cm³/mol. The Labute approximate surface area is 130 Å². The fraction of sp³-hybridized carbons (Fsp3) is 0.278. The van der Waals surface area contributed by atoms with Gasteiger partial charge in [-0.05, 0) is 24.0 Å². The topological polar surface area (TPSA) is 29.1 Å². The highest BCUT2D eigenvalue weighted by atomic mass is 32.2. The van der Waals surface area contributed by atoms with Gasteiger partial charge in [0.25, 0.3) is 0 Å². The lowest BCUT2D eigenvalue weighted by atomic mass is 10.1. The van der Waals surface area contributed by atoms with Crippen LogP contribution in [0.1, 0.15) is 29.2 Å². The molecule has 108 valence electrons. The van der Waals surface area contributed by atoms with Crippen LogP contribution in [-0.2, 0) is 10.5 Å². The molecule has 0 saturated heterocycles. The lowest BCUT2D eigenvalue weighted by Gasteiger charge is -2.17. The van der Waals surface area contributed by atoms with Crippen molar-refractivity contribution in [3.05, 3.63) is 71.8 Å². The van der Waals surface area contributed by atoms with Gasteiger partial charge in [0.15, 0.2) is 0 Å². The number of benzene rings is 2. The van der Waals surface area contributed by atoms with Crippen molar-refractivity contribution in [3.8, 4) is 0 Å². The SMILES string of the molecule is O=C(NC1CC1)[C@H](SCc1ccccc1)c1ccccc1. The van der Waals surface area contributed by atoms with Crippen molar-refractivity contribution >= 4 is 17.7 Å². The second kappa shape index (κ2) is 6.81. The van der Waals surface area contributed by atoms with Crippen LogP contribution in [0, 0.1) is 0 Å². The summed E-state index contributed by atoms with van der Waals surface area (Å²) in [6.07, 6.45) is 2.24. The maximum Gasteiger partial charge on any atom is 0.237 e. The van der Waals surface area contributed by atoms with Crippen LogP contribution in [0.4, 0.5) is 0 Å². The van der Waals surface area contributed by atoms with Crippen LogP contribution in [0.5, 0.6) is 0 Å². The number of hydrogen-bond donors (Lipinski definition) is 1. The molecule has 0 aromatic heterocycles. The van der Waals surface area contributed by atoms with Gasteiger partial charge in [0.2, 0.25) is 5.91 Å². The van der Waals surface area contributed by atoms with Crippen molar-refractivity contribution in [1.29, 1.82) is 0 Å². The molecule has 3 heteroatoms. The van der Waals surface area contributed by atoms with E-state index in [4.69, 9.17) is 0 Å². The highest BCUT2D eigenvalue weighted by molar-refractivity contribution is 7.99. The first-order valence-electron chi connectivity index (χ1n) is 7.34. The molecule has 0 aliphatic heterocycles. The van der Waals surface area contributed by atoms with Crippen molar-refractivity contribution in [2.24, 2.45) is 0 Å². The second-order valence-electron chi connectivity index (χ2n) is 5.37. The summed E-state index contributed by atoms with van der Waals surface area (Å²) in [4.78, 5) is 12.5. The van der Waals surface area contributed by atoms with E-state index in [1.165, 1.54) is 5.56 Å². The molecule has 1 N–H and O–H groups in total. The van der Waals surface area contributed by atoms with Crippen molar-refractivity contribution in [3.63, 3.8) is 0 Å². The van der Waals surface area contributed by atoms with E-state index in [0.717, 1.165) is 24.2 Å². The van der Waals surface area contributed by atoms with Crippen LogP contribution in [0.15, 0.2) is 60.7 Å². The summed E-state index contributed by atoms with van der Waals surface area (Å²) in [7, 11) is 0. The molecule has 1 saturated carbocycles. The third kappa shape index (κ3) is 4.11. The normalized spacial score (nSPS) is 15.4. The first kappa shape index (κ1) is 14.2. The van der Waals surface area contributed by atoms with E-state index in [0.29, 0.717) is 6.04 Å². The number of nitrogens with one attached hydrogen (secondary N) is 1. The van der Waals surface area contributed by atoms with Gasteiger partial charge < -0.3 is 5.32 Å². The fourth-order valence-corrected chi connectivity index (χ4v) is 3.33. The molecule has 0 bridgehead atoms. The van der Waals surface area contributed by atoms with Gasteiger partial charge in [0.05, 0.1) is 0 Å². The third-order valence-corrected chi connectivity index (χ3v) is 4.84. The van der Waals surface area contributed by atoms with Crippen molar-refractivity contribution in [1.82, 2.24) is 5.32 Å². The van der Waals surface area contributed by atoms with Crippen molar-refractivity contribution in [2.75, 3.05) is 0 Å². The fourth-order valence-electron chi connectivity index (χ4n) is 2.21. The van der Waals surface area contributed by atoms with Gasteiger partial charge in [-0.1, -0.05) is 60.7 Å². The molecule has 2 aromatic carbocycles. The van der Waals surface area contributed by atoms with Gasteiger partial charge in [-0.15, -0.1) is 11.8 Å². The number of carbonyl (C=O) groups excluding carboxylic acids is 1. The molecule has 3 rings (SSSR count). The summed E-state index contributed by atoms with van der Waals surface area (Å²) in [5.41, 5.74) is 2.33. The summed E-state index contributed by atoms with van der Waals surface area (Å²) in [6.45, 7) is 0. The molecule has 0 radical (unpaired) electrons. The molecule has 0 unspecified atom stereocenters. The van der Waals surface area contributed by atoms with E-state index in [1.807, 2.05) is 48.5 Å². The maximum atomic E-state index is 12.5. The minimum Gasteiger partial charge on any atom is -0.352 e. The average molecular weight is 297 g/mol. The van der Waals surface area contributed by atoms with Crippen LogP contribution in [0.3, 0.4) is 0 Å². The quantitative estimate of drug-likeness (QED) is 0.875. The average Bonchev–Trinajstić information content (AvgIpc) is 3.33. The maximum absolute atomic E-state index is 12.5. The van der Waals surface area contributed by atoms with Crippen LogP contribution < -0.4 is 5.32 Å². The van der Waals surface area contributed by atoms with E-state index in [2.05, 4.69) is 17.4 Å². The van der Waals surface area contributed by atoms with Gasteiger partial charge in [-0.25, -0.2) is 0 Å². The molecular formula is C18H19NOS. The summed E-state index contributed by atoms with van der Waals surface area (Å²) in [6, 6.07) is 20.8. The predicted octanol–water partition coefficient (Wildman–Crippen LogP) is 3.94. The second-order valence-corrected chi connectivity index (χ2v) is 6.46. The van der Waals surface area contributed by atoms with E-state index < -0.39 is 0 Å². The molecule has 2 nitrogen and oxygen atoms in total. The molecule has 1 atom stereocenters. The number of amides is 1. The molecule has 1 aliphatic carbocycles. The minimum absolute atomic E-state index is 0.132. The Morgan fingerprint density at radius 1 is 1.05 bits per heavy atom. The zero-order valence-corrected chi connectivity index (χ0v) is 12.7. The highest BCUT2D eigenvalue weighted by Crippen LogP contribution is 2.33. The van der Waals surface area contributed by atoms with Gasteiger partial charge in [-0.3, -0.25) is 4.79 Å². The van der Waals surface area contributed by atoms with Gasteiger partial charge in [0.1, 0.15) is 5.25 Å². The lowest BCUT2D eigenvalue weighted by molar-refractivity contribution is -0.120. The first-order valence-corrected chi connectivity index (χ1v) is 8.38. The third-order valence-electron chi connectivity index (χ3n) is 3.52. The Bertz CT molecular complexity index is 581. The first-order chi connectivity index (χ1) is 10.3. The van der Waals surface area contributed by atoms with Crippen LogP contribution in [-0.4, -0.2) is 11.9 Å². The monoisotopic (exact) mass is 297 g/mol. The van der Waals surface area contributed by atoms with E-state index in [1.54, 1.807) is 11.8 Å². The van der Waals surface area contributed by atoms with Crippen LogP contribution >= 0.6 is 11.8 Å². The van der Waals surface area contributed by atoms with E-state index >= 15 is 0 Å². The minimum atomic E-state index is -0.132. The van der Waals surface area contributed by atoms with Gasteiger partial charge in [-0.2, -0.15) is 0 Å². The van der Waals surface area contributed by atoms with Crippen LogP contribution in [0.2, 0.25) is 0 Å². The summed E-state index contributed by atoms with van der Waals surface area (Å²) < 4.78 is 0. The Hall–Kier alpha value is -1.74. The smallest absolute Gasteiger partial charge is 0.237 e. The molecule has 21 heavy (non-hydrogen) atoms. The summed E-state index contributed by atoms with van der Waals surface area (Å²) in [5.74, 6) is 0.989. The molecule has 2 aromatic rings. The molecule has 0 spiro atoms. The summed E-state index contributed by atoms with van der Waals surface area (Å²) >= 11 is 1.69. The van der Waals surface area contributed by atoms with Crippen molar-refractivity contribution in [2.45, 2.75) is 29.9 Å². The molecule has 0 heterocycles. The Balaban J connectivity index is 1.70. The zero-order valence-electron chi connectivity index (χ0n) is 11.9. The van der Waals surface area contributed by atoms with Gasteiger partial charge >= 0.3 is 0 Å². The summed E-state index contributed by atoms with van der Waals surface area (Å²) in [5, 5.41) is 3.00. The number of rotatable bonds is 6.